The first-order chi connectivity index (χ1) is 14.0. The van der Waals surface area contributed by atoms with Crippen LogP contribution in [0, 0.1) is 30.6 Å². The third kappa shape index (κ3) is 2.89. The number of carbonyl (C=O) groups is 3. The van der Waals surface area contributed by atoms with Crippen LogP contribution in [0.15, 0.2) is 60.7 Å². The number of Topliss-reactive ketones (excluding diaryl/α,β-unsaturated/α-hetero) is 1. The average molecular weight is 387 g/mol. The quantitative estimate of drug-likeness (QED) is 0.447. The van der Waals surface area contributed by atoms with Crippen molar-refractivity contribution in [3.8, 4) is 5.75 Å². The molecule has 0 N–H and O–H groups in total. The number of hydrogen-bond acceptors (Lipinski definition) is 4. The van der Waals surface area contributed by atoms with E-state index in [2.05, 4.69) is 12.2 Å². The fourth-order valence-corrected chi connectivity index (χ4v) is 4.84. The topological polar surface area (TPSA) is 63.7 Å². The Hall–Kier alpha value is -3.21. The van der Waals surface area contributed by atoms with Gasteiger partial charge < -0.3 is 4.74 Å². The molecule has 1 saturated carbocycles. The highest BCUT2D eigenvalue weighted by molar-refractivity contribution is 6.22. The van der Waals surface area contributed by atoms with Crippen LogP contribution in [0.1, 0.15) is 22.3 Å². The molecule has 4 atom stereocenters. The number of fused-ring (bicyclic) bond motifs is 5. The molecule has 1 saturated heterocycles. The van der Waals surface area contributed by atoms with Gasteiger partial charge in [0.15, 0.2) is 12.4 Å². The van der Waals surface area contributed by atoms with Gasteiger partial charge in [-0.25, -0.2) is 4.90 Å². The molecule has 2 amide bonds. The summed E-state index contributed by atoms with van der Waals surface area (Å²) in [6, 6.07) is 14.2. The minimum absolute atomic E-state index is 0.103. The normalized spacial score (nSPS) is 26.9. The second-order valence-electron chi connectivity index (χ2n) is 8.09. The Bertz CT molecular complexity index is 1010. The molecule has 2 fully saturated rings. The Balaban J connectivity index is 1.31. The van der Waals surface area contributed by atoms with Crippen LogP contribution < -0.4 is 9.64 Å². The Labute approximate surface area is 169 Å². The van der Waals surface area contributed by atoms with E-state index in [1.54, 1.807) is 36.4 Å². The summed E-state index contributed by atoms with van der Waals surface area (Å²) in [5.41, 5.74) is 2.19. The number of ether oxygens (including phenoxy) is 1. The van der Waals surface area contributed by atoms with Crippen LogP contribution in [0.5, 0.6) is 5.75 Å². The molecule has 5 nitrogen and oxygen atoms in total. The van der Waals surface area contributed by atoms with Gasteiger partial charge in [0.05, 0.1) is 17.5 Å². The summed E-state index contributed by atoms with van der Waals surface area (Å²) in [4.78, 5) is 39.5. The second-order valence-corrected chi connectivity index (χ2v) is 8.09. The summed E-state index contributed by atoms with van der Waals surface area (Å²) in [6.07, 6.45) is 5.07. The van der Waals surface area contributed by atoms with Crippen molar-refractivity contribution < 1.29 is 19.1 Å². The van der Waals surface area contributed by atoms with Crippen molar-refractivity contribution in [3.63, 3.8) is 0 Å². The predicted octanol–water partition coefficient (Wildman–Crippen LogP) is 3.57. The molecular formula is C24H21NO4. The summed E-state index contributed by atoms with van der Waals surface area (Å²) < 4.78 is 5.66. The van der Waals surface area contributed by atoms with E-state index in [-0.39, 0.29) is 47.9 Å². The fraction of sp³-hybridized carbons (Fsp3) is 0.292. The van der Waals surface area contributed by atoms with E-state index in [0.717, 1.165) is 12.0 Å². The van der Waals surface area contributed by atoms with Crippen molar-refractivity contribution in [1.29, 1.82) is 0 Å². The zero-order valence-corrected chi connectivity index (χ0v) is 16.1. The van der Waals surface area contributed by atoms with Gasteiger partial charge in [0, 0.05) is 11.6 Å². The van der Waals surface area contributed by atoms with E-state index in [4.69, 9.17) is 4.74 Å². The molecule has 146 valence electrons. The van der Waals surface area contributed by atoms with E-state index in [1.807, 2.05) is 19.1 Å². The SMILES string of the molecule is Cc1ccc(C(=O)COc2cccc(N3C(=O)[C@@H]4[C@H](C3=O)[C@H]3C=C[C@H]4C3)c2)cc1. The minimum atomic E-state index is -0.231. The number of anilines is 1. The van der Waals surface area contributed by atoms with Crippen molar-refractivity contribution >= 4 is 23.3 Å². The monoisotopic (exact) mass is 387 g/mol. The lowest BCUT2D eigenvalue weighted by Crippen LogP contribution is -2.32. The maximum Gasteiger partial charge on any atom is 0.238 e. The highest BCUT2D eigenvalue weighted by Crippen LogP contribution is 2.53. The molecule has 5 rings (SSSR count). The first-order valence-corrected chi connectivity index (χ1v) is 9.92. The molecule has 0 aromatic heterocycles. The molecule has 1 aliphatic heterocycles. The molecule has 2 bridgehead atoms. The lowest BCUT2D eigenvalue weighted by atomic mass is 9.85. The minimum Gasteiger partial charge on any atom is -0.485 e. The van der Waals surface area contributed by atoms with Crippen LogP contribution in [0.2, 0.25) is 0 Å². The number of rotatable bonds is 5. The van der Waals surface area contributed by atoms with Crippen LogP contribution >= 0.6 is 0 Å². The Kier molecular flexibility index (Phi) is 4.12. The maximum atomic E-state index is 13.0. The van der Waals surface area contributed by atoms with Gasteiger partial charge in [0.25, 0.3) is 0 Å². The summed E-state index contributed by atoms with van der Waals surface area (Å²) >= 11 is 0. The largest absolute Gasteiger partial charge is 0.485 e. The third-order valence-corrected chi connectivity index (χ3v) is 6.29. The maximum absolute atomic E-state index is 13.0. The van der Waals surface area contributed by atoms with E-state index in [1.165, 1.54) is 4.90 Å². The van der Waals surface area contributed by atoms with Gasteiger partial charge in [-0.15, -0.1) is 0 Å². The van der Waals surface area contributed by atoms with E-state index in [0.29, 0.717) is 17.0 Å². The van der Waals surface area contributed by atoms with Crippen molar-refractivity contribution in [2.24, 2.45) is 23.7 Å². The number of ketones is 1. The molecule has 2 aromatic rings. The van der Waals surface area contributed by atoms with Crippen molar-refractivity contribution in [1.82, 2.24) is 0 Å². The van der Waals surface area contributed by atoms with Crippen LogP contribution in [-0.2, 0) is 9.59 Å². The van der Waals surface area contributed by atoms with E-state index in [9.17, 15) is 14.4 Å². The molecule has 0 spiro atoms. The van der Waals surface area contributed by atoms with Gasteiger partial charge >= 0.3 is 0 Å². The highest BCUT2D eigenvalue weighted by atomic mass is 16.5. The predicted molar refractivity (Wildman–Crippen MR) is 108 cm³/mol. The van der Waals surface area contributed by atoms with Crippen LogP contribution in [-0.4, -0.2) is 24.2 Å². The Morgan fingerprint density at radius 1 is 1.00 bits per heavy atom. The van der Waals surface area contributed by atoms with Gasteiger partial charge in [-0.1, -0.05) is 48.0 Å². The molecule has 1 heterocycles. The van der Waals surface area contributed by atoms with Crippen molar-refractivity contribution in [2.45, 2.75) is 13.3 Å². The average Bonchev–Trinajstić information content (AvgIpc) is 3.41. The zero-order valence-electron chi connectivity index (χ0n) is 16.1. The van der Waals surface area contributed by atoms with E-state index >= 15 is 0 Å². The number of amides is 2. The number of nitrogens with zero attached hydrogens (tertiary/aromatic N) is 1. The molecule has 0 unspecified atom stereocenters. The lowest BCUT2D eigenvalue weighted by Gasteiger charge is -2.18. The number of benzene rings is 2. The Morgan fingerprint density at radius 3 is 2.31 bits per heavy atom. The number of imide groups is 1. The smallest absolute Gasteiger partial charge is 0.238 e. The van der Waals surface area contributed by atoms with Gasteiger partial charge in [-0.05, 0) is 37.3 Å². The molecular weight excluding hydrogens is 366 g/mol. The van der Waals surface area contributed by atoms with Crippen molar-refractivity contribution in [3.05, 3.63) is 71.8 Å². The van der Waals surface area contributed by atoms with Gasteiger partial charge in [0.1, 0.15) is 5.75 Å². The molecule has 2 aromatic carbocycles. The standard InChI is InChI=1S/C24H21NO4/c1-14-5-7-15(8-6-14)20(26)13-29-19-4-2-3-18(12-19)25-23(27)21-16-9-10-17(11-16)22(21)24(25)28/h2-10,12,16-17,21-22H,11,13H2,1H3/t16-,17-,21-,22+/m0/s1. The van der Waals surface area contributed by atoms with E-state index < -0.39 is 0 Å². The highest BCUT2D eigenvalue weighted by Gasteiger charge is 2.59. The summed E-state index contributed by atoms with van der Waals surface area (Å²) in [7, 11) is 0. The second kappa shape index (κ2) is 6.69. The van der Waals surface area contributed by atoms with Crippen LogP contribution in [0.3, 0.4) is 0 Å². The molecule has 3 aliphatic rings. The summed E-state index contributed by atoms with van der Waals surface area (Å²) in [5.74, 6) is -0.0107. The molecule has 0 radical (unpaired) electrons. The summed E-state index contributed by atoms with van der Waals surface area (Å²) in [6.45, 7) is 1.86. The first kappa shape index (κ1) is 17.9. The van der Waals surface area contributed by atoms with Crippen LogP contribution in [0.4, 0.5) is 5.69 Å². The van der Waals surface area contributed by atoms with Gasteiger partial charge in [-0.2, -0.15) is 0 Å². The number of aryl methyl sites for hydroxylation is 1. The Morgan fingerprint density at radius 2 is 1.66 bits per heavy atom. The number of allylic oxidation sites excluding steroid dienone is 2. The summed E-state index contributed by atoms with van der Waals surface area (Å²) in [5, 5.41) is 0. The van der Waals surface area contributed by atoms with Gasteiger partial charge in [-0.3, -0.25) is 14.4 Å². The molecule has 2 aliphatic carbocycles. The fourth-order valence-electron chi connectivity index (χ4n) is 4.84. The zero-order chi connectivity index (χ0) is 20.1. The molecule has 29 heavy (non-hydrogen) atoms. The number of hydrogen-bond donors (Lipinski definition) is 0. The molecule has 5 heteroatoms. The van der Waals surface area contributed by atoms with Gasteiger partial charge in [0.2, 0.25) is 11.8 Å². The lowest BCUT2D eigenvalue weighted by molar-refractivity contribution is -0.123. The third-order valence-electron chi connectivity index (χ3n) is 6.29. The van der Waals surface area contributed by atoms with Crippen LogP contribution in [0.25, 0.3) is 0 Å². The first-order valence-electron chi connectivity index (χ1n) is 9.92. The van der Waals surface area contributed by atoms with Crippen molar-refractivity contribution in [2.75, 3.05) is 11.5 Å². The number of carbonyl (C=O) groups excluding carboxylic acids is 3.